The summed E-state index contributed by atoms with van der Waals surface area (Å²) in [6.07, 6.45) is 0. The molecule has 0 radical (unpaired) electrons. The van der Waals surface area contributed by atoms with Crippen LogP contribution in [0.15, 0.2) is 47.8 Å². The fraction of sp³-hybridized carbons (Fsp3) is 0.0625. The SMILES string of the molecule is Cc1cccc(C(=O)Nc2nc(-c3cccc([N+](=O)[O-])c3)cs2)n1. The van der Waals surface area contributed by atoms with Crippen molar-refractivity contribution in [1.82, 2.24) is 9.97 Å². The first-order valence-corrected chi connectivity index (χ1v) is 7.86. The maximum absolute atomic E-state index is 12.2. The van der Waals surface area contributed by atoms with Gasteiger partial charge >= 0.3 is 0 Å². The third-order valence-corrected chi connectivity index (χ3v) is 3.96. The van der Waals surface area contributed by atoms with Gasteiger partial charge in [-0.2, -0.15) is 0 Å². The van der Waals surface area contributed by atoms with Crippen LogP contribution in [0.3, 0.4) is 0 Å². The lowest BCUT2D eigenvalue weighted by Gasteiger charge is -2.01. The first kappa shape index (κ1) is 15.8. The lowest BCUT2D eigenvalue weighted by molar-refractivity contribution is -0.384. The lowest BCUT2D eigenvalue weighted by atomic mass is 10.1. The smallest absolute Gasteiger partial charge is 0.276 e. The van der Waals surface area contributed by atoms with Crippen molar-refractivity contribution >= 4 is 28.1 Å². The van der Waals surface area contributed by atoms with Crippen LogP contribution < -0.4 is 5.32 Å². The summed E-state index contributed by atoms with van der Waals surface area (Å²) < 4.78 is 0. The van der Waals surface area contributed by atoms with E-state index in [1.54, 1.807) is 42.6 Å². The van der Waals surface area contributed by atoms with E-state index in [4.69, 9.17) is 0 Å². The summed E-state index contributed by atoms with van der Waals surface area (Å²) >= 11 is 1.25. The van der Waals surface area contributed by atoms with Crippen molar-refractivity contribution in [2.24, 2.45) is 0 Å². The van der Waals surface area contributed by atoms with Gasteiger partial charge in [-0.15, -0.1) is 11.3 Å². The van der Waals surface area contributed by atoms with Gasteiger partial charge < -0.3 is 0 Å². The van der Waals surface area contributed by atoms with E-state index in [1.807, 2.05) is 0 Å². The van der Waals surface area contributed by atoms with E-state index in [-0.39, 0.29) is 11.6 Å². The third-order valence-electron chi connectivity index (χ3n) is 3.20. The molecule has 24 heavy (non-hydrogen) atoms. The molecule has 3 rings (SSSR count). The number of anilines is 1. The highest BCUT2D eigenvalue weighted by Gasteiger charge is 2.13. The first-order chi connectivity index (χ1) is 11.5. The van der Waals surface area contributed by atoms with Crippen LogP contribution in [-0.4, -0.2) is 20.8 Å². The number of carbonyl (C=O) groups excluding carboxylic acids is 1. The Labute approximate surface area is 141 Å². The molecular weight excluding hydrogens is 328 g/mol. The summed E-state index contributed by atoms with van der Waals surface area (Å²) in [5.41, 5.74) is 2.24. The molecule has 0 aliphatic heterocycles. The number of rotatable bonds is 4. The predicted molar refractivity (Wildman–Crippen MR) is 91.1 cm³/mol. The summed E-state index contributed by atoms with van der Waals surface area (Å²) in [7, 11) is 0. The average Bonchev–Trinajstić information content (AvgIpc) is 3.03. The number of aromatic nitrogens is 2. The van der Waals surface area contributed by atoms with Crippen molar-refractivity contribution < 1.29 is 9.72 Å². The monoisotopic (exact) mass is 340 g/mol. The molecule has 0 saturated heterocycles. The standard InChI is InChI=1S/C16H12N4O3S/c1-10-4-2-7-13(17-10)15(21)19-16-18-14(9-24-16)11-5-3-6-12(8-11)20(22)23/h2-9H,1H3,(H,18,19,21). The van der Waals surface area contributed by atoms with E-state index >= 15 is 0 Å². The van der Waals surface area contributed by atoms with Crippen LogP contribution in [0.25, 0.3) is 11.3 Å². The largest absolute Gasteiger partial charge is 0.296 e. The highest BCUT2D eigenvalue weighted by atomic mass is 32.1. The Hall–Kier alpha value is -3.13. The van der Waals surface area contributed by atoms with E-state index < -0.39 is 4.92 Å². The first-order valence-electron chi connectivity index (χ1n) is 6.98. The van der Waals surface area contributed by atoms with E-state index in [9.17, 15) is 14.9 Å². The molecule has 120 valence electrons. The van der Waals surface area contributed by atoms with Gasteiger partial charge in [0.2, 0.25) is 0 Å². The normalized spacial score (nSPS) is 10.4. The van der Waals surface area contributed by atoms with Crippen molar-refractivity contribution in [3.05, 3.63) is 69.3 Å². The number of pyridine rings is 1. The van der Waals surface area contributed by atoms with Crippen molar-refractivity contribution in [2.45, 2.75) is 6.92 Å². The molecule has 0 bridgehead atoms. The summed E-state index contributed by atoms with van der Waals surface area (Å²) in [6, 6.07) is 11.4. The quantitative estimate of drug-likeness (QED) is 0.577. The van der Waals surface area contributed by atoms with E-state index in [0.29, 0.717) is 22.1 Å². The van der Waals surface area contributed by atoms with Crippen LogP contribution in [0.1, 0.15) is 16.2 Å². The van der Waals surface area contributed by atoms with E-state index in [1.165, 1.54) is 23.5 Å². The highest BCUT2D eigenvalue weighted by Crippen LogP contribution is 2.27. The number of non-ortho nitro benzene ring substituents is 1. The zero-order chi connectivity index (χ0) is 17.1. The molecule has 1 amide bonds. The van der Waals surface area contributed by atoms with Crippen LogP contribution in [0.5, 0.6) is 0 Å². The molecule has 0 aliphatic rings. The topological polar surface area (TPSA) is 98.0 Å². The molecule has 0 fully saturated rings. The van der Waals surface area contributed by atoms with Gasteiger partial charge in [-0.05, 0) is 19.1 Å². The minimum Gasteiger partial charge on any atom is -0.296 e. The number of nitro groups is 1. The van der Waals surface area contributed by atoms with Gasteiger partial charge in [0.05, 0.1) is 10.6 Å². The Bertz CT molecular complexity index is 923. The molecule has 7 nitrogen and oxygen atoms in total. The minimum absolute atomic E-state index is 0.00459. The zero-order valence-corrected chi connectivity index (χ0v) is 13.4. The minimum atomic E-state index is -0.456. The number of aryl methyl sites for hydroxylation is 1. The van der Waals surface area contributed by atoms with E-state index in [2.05, 4.69) is 15.3 Å². The molecule has 2 aromatic heterocycles. The number of amides is 1. The Balaban J connectivity index is 1.80. The molecule has 0 unspecified atom stereocenters. The number of nitro benzene ring substituents is 1. The number of carbonyl (C=O) groups is 1. The number of benzene rings is 1. The van der Waals surface area contributed by atoms with Gasteiger partial charge in [0.15, 0.2) is 5.13 Å². The fourth-order valence-electron chi connectivity index (χ4n) is 2.07. The number of thiazole rings is 1. The number of nitrogens with zero attached hydrogens (tertiary/aromatic N) is 3. The lowest BCUT2D eigenvalue weighted by Crippen LogP contribution is -2.13. The Morgan fingerprint density at radius 1 is 1.21 bits per heavy atom. The van der Waals surface area contributed by atoms with Crippen molar-refractivity contribution in [1.29, 1.82) is 0 Å². The maximum Gasteiger partial charge on any atom is 0.276 e. The fourth-order valence-corrected chi connectivity index (χ4v) is 2.79. The summed E-state index contributed by atoms with van der Waals surface area (Å²) in [4.78, 5) is 31.0. The molecule has 0 saturated carbocycles. The molecule has 2 heterocycles. The average molecular weight is 340 g/mol. The molecule has 1 N–H and O–H groups in total. The second-order valence-electron chi connectivity index (χ2n) is 4.96. The Kier molecular flexibility index (Phi) is 4.30. The third kappa shape index (κ3) is 3.44. The molecule has 1 aromatic carbocycles. The van der Waals surface area contributed by atoms with Gasteiger partial charge in [0, 0.05) is 28.8 Å². The van der Waals surface area contributed by atoms with Gasteiger partial charge in [-0.1, -0.05) is 18.2 Å². The van der Waals surface area contributed by atoms with Crippen molar-refractivity contribution in [2.75, 3.05) is 5.32 Å². The predicted octanol–water partition coefficient (Wildman–Crippen LogP) is 3.67. The molecular formula is C16H12N4O3S. The summed E-state index contributed by atoms with van der Waals surface area (Å²) in [5, 5.41) is 15.7. The Morgan fingerprint density at radius 3 is 2.75 bits per heavy atom. The van der Waals surface area contributed by atoms with Crippen molar-refractivity contribution in [3.8, 4) is 11.3 Å². The Morgan fingerprint density at radius 2 is 2.00 bits per heavy atom. The summed E-state index contributed by atoms with van der Waals surface area (Å²) in [6.45, 7) is 1.81. The van der Waals surface area contributed by atoms with Crippen molar-refractivity contribution in [3.63, 3.8) is 0 Å². The molecule has 0 aliphatic carbocycles. The molecule has 3 aromatic rings. The zero-order valence-electron chi connectivity index (χ0n) is 12.6. The van der Waals surface area contributed by atoms with Crippen LogP contribution in [0, 0.1) is 17.0 Å². The second kappa shape index (κ2) is 6.55. The number of hydrogen-bond donors (Lipinski definition) is 1. The van der Waals surface area contributed by atoms with Crippen LogP contribution in [0.4, 0.5) is 10.8 Å². The maximum atomic E-state index is 12.2. The van der Waals surface area contributed by atoms with Gasteiger partial charge in [0.25, 0.3) is 11.6 Å². The van der Waals surface area contributed by atoms with Crippen LogP contribution >= 0.6 is 11.3 Å². The highest BCUT2D eigenvalue weighted by molar-refractivity contribution is 7.14. The summed E-state index contributed by atoms with van der Waals surface area (Å²) in [5.74, 6) is -0.348. The number of hydrogen-bond acceptors (Lipinski definition) is 6. The van der Waals surface area contributed by atoms with Gasteiger partial charge in [-0.3, -0.25) is 20.2 Å². The van der Waals surface area contributed by atoms with Crippen LogP contribution in [0.2, 0.25) is 0 Å². The van der Waals surface area contributed by atoms with Gasteiger partial charge in [-0.25, -0.2) is 9.97 Å². The number of nitrogens with one attached hydrogen (secondary N) is 1. The van der Waals surface area contributed by atoms with Gasteiger partial charge in [0.1, 0.15) is 5.69 Å². The molecule has 8 heteroatoms. The second-order valence-corrected chi connectivity index (χ2v) is 5.82. The van der Waals surface area contributed by atoms with Crippen LogP contribution in [-0.2, 0) is 0 Å². The molecule has 0 atom stereocenters. The molecule has 0 spiro atoms. The van der Waals surface area contributed by atoms with E-state index in [0.717, 1.165) is 5.69 Å².